The summed E-state index contributed by atoms with van der Waals surface area (Å²) in [5.74, 6) is -4.21. The van der Waals surface area contributed by atoms with Gasteiger partial charge in [0.05, 0.1) is 0 Å². The lowest BCUT2D eigenvalue weighted by atomic mass is 9.82. The van der Waals surface area contributed by atoms with E-state index in [0.29, 0.717) is 0 Å². The molecule has 1 saturated carbocycles. The molecule has 0 bridgehead atoms. The summed E-state index contributed by atoms with van der Waals surface area (Å²) < 4.78 is 69.3. The minimum absolute atomic E-state index is 0.771. The molecule has 66 valence electrons. The quantitative estimate of drug-likeness (QED) is 0.426. The van der Waals surface area contributed by atoms with Gasteiger partial charge in [0.15, 0.2) is 0 Å². The molecule has 0 N–H and O–H groups in total. The van der Waals surface area contributed by atoms with Crippen LogP contribution in [0, 0.1) is 5.92 Å². The zero-order valence-corrected chi connectivity index (χ0v) is 5.21. The van der Waals surface area contributed by atoms with E-state index in [1.807, 2.05) is 0 Å². The van der Waals surface area contributed by atoms with E-state index in [9.17, 15) is 26.1 Å². The highest BCUT2D eigenvalue weighted by Gasteiger charge is 2.61. The van der Waals surface area contributed by atoms with Gasteiger partial charge < -0.3 is 12.9 Å². The number of hydrogen-bond acceptors (Lipinski definition) is 0. The monoisotopic (exact) mass is 177 g/mol. The molecule has 1 rings (SSSR count). The predicted octanol–water partition coefficient (Wildman–Crippen LogP) is 2.79. The zero-order chi connectivity index (χ0) is 8.86. The molecule has 0 heterocycles. The molecule has 1 aliphatic carbocycles. The molecule has 0 spiro atoms. The summed E-state index contributed by atoms with van der Waals surface area (Å²) in [5, 5.41) is 0. The van der Waals surface area contributed by atoms with Gasteiger partial charge in [-0.05, 0) is 0 Å². The van der Waals surface area contributed by atoms with E-state index >= 15 is 0 Å². The Hall–Kier alpha value is -0.355. The largest absolute Gasteiger partial charge is 0.481 e. The molecule has 0 amide bonds. The molecule has 0 nitrogen and oxygen atoms in total. The van der Waals surface area contributed by atoms with Crippen LogP contribution in [-0.2, 0) is 0 Å². The van der Waals surface area contributed by atoms with E-state index in [1.165, 1.54) is 0 Å². The highest BCUT2D eigenvalue weighted by molar-refractivity contribution is 6.61. The van der Waals surface area contributed by atoms with Crippen LogP contribution in [0.3, 0.4) is 0 Å². The average molecular weight is 177 g/mol. The predicted molar refractivity (Wildman–Crippen MR) is 27.0 cm³/mol. The second kappa shape index (κ2) is 2.07. The van der Waals surface area contributed by atoms with Gasteiger partial charge in [-0.25, -0.2) is 0 Å². The maximum Gasteiger partial charge on any atom is 0.481 e. The SMILES string of the molecule is F[B-](F)(F)[C@H]1C[C@@H]1C(F)(F)F. The molecular weight excluding hydrogens is 173 g/mol. The molecular formula is C4H4BF6-. The van der Waals surface area contributed by atoms with Gasteiger partial charge in [-0.2, -0.15) is 13.2 Å². The van der Waals surface area contributed by atoms with Crippen molar-refractivity contribution in [1.82, 2.24) is 0 Å². The van der Waals surface area contributed by atoms with Gasteiger partial charge >= 0.3 is 13.2 Å². The summed E-state index contributed by atoms with van der Waals surface area (Å²) in [6, 6.07) is 0. The fraction of sp³-hybridized carbons (Fsp3) is 1.00. The molecule has 0 aromatic rings. The van der Waals surface area contributed by atoms with Crippen molar-refractivity contribution < 1.29 is 26.1 Å². The molecule has 0 aliphatic heterocycles. The van der Waals surface area contributed by atoms with Crippen LogP contribution in [-0.4, -0.2) is 13.2 Å². The van der Waals surface area contributed by atoms with Gasteiger partial charge in [0.1, 0.15) is 0 Å². The standard InChI is InChI=1S/C4H4BF6/c6-4(7,8)2-1-3(2)5(9,10)11/h2-3H,1H2/q-1/t2-,3-/m0/s1. The highest BCUT2D eigenvalue weighted by Crippen LogP contribution is 2.60. The van der Waals surface area contributed by atoms with Crippen molar-refractivity contribution in [2.45, 2.75) is 18.4 Å². The number of alkyl halides is 3. The van der Waals surface area contributed by atoms with Crippen LogP contribution in [0.1, 0.15) is 6.42 Å². The Balaban J connectivity index is 2.51. The van der Waals surface area contributed by atoms with E-state index in [4.69, 9.17) is 0 Å². The third-order valence-electron chi connectivity index (χ3n) is 1.75. The first kappa shape index (κ1) is 8.74. The Morgan fingerprint density at radius 1 is 1.09 bits per heavy atom. The van der Waals surface area contributed by atoms with Crippen molar-refractivity contribution in [3.05, 3.63) is 0 Å². The third kappa shape index (κ3) is 1.81. The summed E-state index contributed by atoms with van der Waals surface area (Å²) >= 11 is 0. The smallest absolute Gasteiger partial charge is 0.449 e. The van der Waals surface area contributed by atoms with E-state index < -0.39 is 31.3 Å². The van der Waals surface area contributed by atoms with Gasteiger partial charge in [0.25, 0.3) is 0 Å². The molecule has 0 radical (unpaired) electrons. The van der Waals surface area contributed by atoms with Crippen molar-refractivity contribution in [2.75, 3.05) is 0 Å². The van der Waals surface area contributed by atoms with Crippen LogP contribution in [0.15, 0.2) is 0 Å². The lowest BCUT2D eigenvalue weighted by Crippen LogP contribution is -2.21. The van der Waals surface area contributed by atoms with E-state index in [-0.39, 0.29) is 0 Å². The molecule has 0 aromatic carbocycles. The first-order valence-corrected chi connectivity index (χ1v) is 2.99. The maximum atomic E-state index is 11.6. The third-order valence-corrected chi connectivity index (χ3v) is 1.75. The first-order chi connectivity index (χ1) is 4.73. The Bertz CT molecular complexity index is 139. The lowest BCUT2D eigenvalue weighted by Gasteiger charge is -2.13. The van der Waals surface area contributed by atoms with Gasteiger partial charge in [-0.1, -0.05) is 12.2 Å². The maximum absolute atomic E-state index is 11.6. The molecule has 0 saturated heterocycles. The van der Waals surface area contributed by atoms with Crippen LogP contribution < -0.4 is 0 Å². The lowest BCUT2D eigenvalue weighted by molar-refractivity contribution is -0.147. The fourth-order valence-corrected chi connectivity index (χ4v) is 1.01. The Morgan fingerprint density at radius 3 is 1.64 bits per heavy atom. The summed E-state index contributed by atoms with van der Waals surface area (Å²) in [4.78, 5) is 0. The fourth-order valence-electron chi connectivity index (χ4n) is 1.01. The summed E-state index contributed by atoms with van der Waals surface area (Å²) in [5.41, 5.74) is 0. The highest BCUT2D eigenvalue weighted by atomic mass is 19.4. The molecule has 11 heavy (non-hydrogen) atoms. The van der Waals surface area contributed by atoms with Crippen LogP contribution in [0.4, 0.5) is 26.1 Å². The van der Waals surface area contributed by atoms with Crippen molar-refractivity contribution in [2.24, 2.45) is 5.92 Å². The van der Waals surface area contributed by atoms with Gasteiger partial charge in [0.2, 0.25) is 0 Å². The molecule has 0 unspecified atom stereocenters. The second-order valence-electron chi connectivity index (χ2n) is 2.67. The topological polar surface area (TPSA) is 0 Å². The van der Waals surface area contributed by atoms with Crippen molar-refractivity contribution >= 4 is 6.98 Å². The molecule has 1 fully saturated rings. The Labute approximate surface area is 58.6 Å². The summed E-state index contributed by atoms with van der Waals surface area (Å²) in [6.45, 7) is -5.28. The van der Waals surface area contributed by atoms with Gasteiger partial charge in [0, 0.05) is 5.92 Å². The zero-order valence-electron chi connectivity index (χ0n) is 5.21. The summed E-state index contributed by atoms with van der Waals surface area (Å²) in [6.07, 6.45) is -5.44. The van der Waals surface area contributed by atoms with Crippen molar-refractivity contribution in [3.63, 3.8) is 0 Å². The Morgan fingerprint density at radius 2 is 1.55 bits per heavy atom. The average Bonchev–Trinajstić information content (AvgIpc) is 2.30. The van der Waals surface area contributed by atoms with Crippen LogP contribution >= 0.6 is 0 Å². The van der Waals surface area contributed by atoms with Crippen LogP contribution in [0.5, 0.6) is 0 Å². The van der Waals surface area contributed by atoms with Crippen LogP contribution in [0.2, 0.25) is 5.82 Å². The van der Waals surface area contributed by atoms with Crippen LogP contribution in [0.25, 0.3) is 0 Å². The Kier molecular flexibility index (Phi) is 1.65. The number of hydrogen-bond donors (Lipinski definition) is 0. The van der Waals surface area contributed by atoms with E-state index in [0.717, 1.165) is 0 Å². The first-order valence-electron chi connectivity index (χ1n) is 2.99. The number of halogens is 6. The van der Waals surface area contributed by atoms with Gasteiger partial charge in [-0.15, -0.1) is 0 Å². The molecule has 7 heteroatoms. The van der Waals surface area contributed by atoms with E-state index in [2.05, 4.69) is 0 Å². The molecule has 0 aromatic heterocycles. The second-order valence-corrected chi connectivity index (χ2v) is 2.67. The molecule has 1 aliphatic rings. The molecule has 2 atom stereocenters. The normalized spacial score (nSPS) is 32.2. The van der Waals surface area contributed by atoms with Gasteiger partial charge in [-0.3, -0.25) is 0 Å². The summed E-state index contributed by atoms with van der Waals surface area (Å²) in [7, 11) is 0. The van der Waals surface area contributed by atoms with Crippen molar-refractivity contribution in [3.8, 4) is 0 Å². The van der Waals surface area contributed by atoms with E-state index in [1.54, 1.807) is 0 Å². The minimum atomic E-state index is -5.28. The van der Waals surface area contributed by atoms with Crippen molar-refractivity contribution in [1.29, 1.82) is 0 Å². The number of rotatable bonds is 1. The minimum Gasteiger partial charge on any atom is -0.449 e.